The summed E-state index contributed by atoms with van der Waals surface area (Å²) >= 11 is 0. The highest BCUT2D eigenvalue weighted by Gasteiger charge is 2.43. The van der Waals surface area contributed by atoms with Gasteiger partial charge in [0.05, 0.1) is 11.8 Å². The smallest absolute Gasteiger partial charge is 0.251 e. The maximum Gasteiger partial charge on any atom is 0.251 e. The highest BCUT2D eigenvalue weighted by molar-refractivity contribution is 5.81. The molecular formula is C17H24N4O2. The van der Waals surface area contributed by atoms with Crippen molar-refractivity contribution in [1.29, 1.82) is 0 Å². The number of nitrogens with zero attached hydrogens (tertiary/aromatic N) is 4. The number of hydrogen-bond acceptors (Lipinski definition) is 5. The van der Waals surface area contributed by atoms with Crippen LogP contribution in [0.25, 0.3) is 0 Å². The van der Waals surface area contributed by atoms with Gasteiger partial charge in [-0.3, -0.25) is 4.79 Å². The van der Waals surface area contributed by atoms with Crippen LogP contribution in [0.4, 0.5) is 5.82 Å². The Balaban J connectivity index is 1.40. The average molecular weight is 316 g/mol. The fourth-order valence-corrected chi connectivity index (χ4v) is 4.00. The highest BCUT2D eigenvalue weighted by Crippen LogP contribution is 2.35. The van der Waals surface area contributed by atoms with Crippen molar-refractivity contribution in [3.8, 4) is 0 Å². The highest BCUT2D eigenvalue weighted by atomic mass is 16.5. The Hall–Kier alpha value is -1.69. The molecule has 3 aliphatic heterocycles. The standard InChI is InChI=1S/C17H24N4O2/c1-12-4-5-16(19-18-12)21-9-6-13-10-14(23-15(13)11-21)17(22)20-7-2-3-8-20/h4-5,13-15H,2-3,6-11H2,1H3/t13-,14-,15-/m0/s1. The Morgan fingerprint density at radius 1 is 1.22 bits per heavy atom. The van der Waals surface area contributed by atoms with E-state index in [1.807, 2.05) is 24.0 Å². The van der Waals surface area contributed by atoms with Gasteiger partial charge in [-0.25, -0.2) is 0 Å². The number of carbonyl (C=O) groups excluding carboxylic acids is 1. The number of anilines is 1. The molecule has 3 atom stereocenters. The van der Waals surface area contributed by atoms with E-state index in [9.17, 15) is 4.79 Å². The molecule has 0 unspecified atom stereocenters. The van der Waals surface area contributed by atoms with Crippen LogP contribution >= 0.6 is 0 Å². The number of piperidine rings is 1. The Morgan fingerprint density at radius 3 is 2.78 bits per heavy atom. The minimum Gasteiger partial charge on any atom is -0.363 e. The van der Waals surface area contributed by atoms with Crippen LogP contribution in [0.2, 0.25) is 0 Å². The Kier molecular flexibility index (Phi) is 3.93. The number of rotatable bonds is 2. The van der Waals surface area contributed by atoms with Crippen LogP contribution in [0.3, 0.4) is 0 Å². The van der Waals surface area contributed by atoms with Crippen LogP contribution in [0.15, 0.2) is 12.1 Å². The lowest BCUT2D eigenvalue weighted by Gasteiger charge is -2.34. The third-order valence-electron chi connectivity index (χ3n) is 5.35. The largest absolute Gasteiger partial charge is 0.363 e. The van der Waals surface area contributed by atoms with Gasteiger partial charge in [0.15, 0.2) is 5.82 Å². The van der Waals surface area contributed by atoms with Crippen molar-refractivity contribution < 1.29 is 9.53 Å². The first-order valence-electron chi connectivity index (χ1n) is 8.70. The Morgan fingerprint density at radius 2 is 2.04 bits per heavy atom. The van der Waals surface area contributed by atoms with Gasteiger partial charge in [-0.1, -0.05) is 0 Å². The number of hydrogen-bond donors (Lipinski definition) is 0. The second kappa shape index (κ2) is 6.07. The first-order valence-corrected chi connectivity index (χ1v) is 8.70. The lowest BCUT2D eigenvalue weighted by molar-refractivity contribution is -0.141. The van der Waals surface area contributed by atoms with Crippen molar-refractivity contribution in [3.63, 3.8) is 0 Å². The minimum absolute atomic E-state index is 0.142. The molecule has 4 heterocycles. The number of aromatic nitrogens is 2. The molecular weight excluding hydrogens is 292 g/mol. The third kappa shape index (κ3) is 2.92. The molecule has 6 nitrogen and oxygen atoms in total. The van der Waals surface area contributed by atoms with E-state index in [1.54, 1.807) is 0 Å². The van der Waals surface area contributed by atoms with E-state index < -0.39 is 0 Å². The molecule has 4 rings (SSSR count). The van der Waals surface area contributed by atoms with Crippen molar-refractivity contribution in [2.45, 2.75) is 44.8 Å². The molecule has 23 heavy (non-hydrogen) atoms. The minimum atomic E-state index is -0.229. The third-order valence-corrected chi connectivity index (χ3v) is 5.35. The number of carbonyl (C=O) groups is 1. The van der Waals surface area contributed by atoms with Crippen LogP contribution in [0, 0.1) is 12.8 Å². The predicted octanol–water partition coefficient (Wildman–Crippen LogP) is 1.39. The first kappa shape index (κ1) is 14.9. The second-order valence-electron chi connectivity index (χ2n) is 6.96. The summed E-state index contributed by atoms with van der Waals surface area (Å²) in [6.45, 7) is 5.52. The molecule has 6 heteroatoms. The van der Waals surface area contributed by atoms with Crippen LogP contribution < -0.4 is 4.90 Å². The number of aryl methyl sites for hydroxylation is 1. The zero-order valence-corrected chi connectivity index (χ0v) is 13.6. The van der Waals surface area contributed by atoms with Crippen molar-refractivity contribution in [3.05, 3.63) is 17.8 Å². The average Bonchev–Trinajstić information content (AvgIpc) is 3.23. The molecule has 0 bridgehead atoms. The number of amides is 1. The molecule has 0 aromatic carbocycles. The van der Waals surface area contributed by atoms with Gasteiger partial charge in [-0.15, -0.1) is 5.10 Å². The molecule has 1 aromatic heterocycles. The van der Waals surface area contributed by atoms with Gasteiger partial charge in [-0.2, -0.15) is 5.10 Å². The summed E-state index contributed by atoms with van der Waals surface area (Å²) in [5.41, 5.74) is 0.928. The summed E-state index contributed by atoms with van der Waals surface area (Å²) in [4.78, 5) is 16.8. The van der Waals surface area contributed by atoms with E-state index in [0.29, 0.717) is 5.92 Å². The topological polar surface area (TPSA) is 58.6 Å². The zero-order valence-electron chi connectivity index (χ0n) is 13.6. The van der Waals surface area contributed by atoms with Gasteiger partial charge in [0.2, 0.25) is 0 Å². The van der Waals surface area contributed by atoms with Crippen LogP contribution in [-0.4, -0.2) is 59.4 Å². The summed E-state index contributed by atoms with van der Waals surface area (Å²) in [6.07, 6.45) is 4.11. The molecule has 3 fully saturated rings. The van der Waals surface area contributed by atoms with Crippen LogP contribution in [0.1, 0.15) is 31.4 Å². The predicted molar refractivity (Wildman–Crippen MR) is 86.2 cm³/mol. The monoisotopic (exact) mass is 316 g/mol. The molecule has 0 aliphatic carbocycles. The van der Waals surface area contributed by atoms with E-state index in [-0.39, 0.29) is 18.1 Å². The van der Waals surface area contributed by atoms with Crippen molar-refractivity contribution in [2.24, 2.45) is 5.92 Å². The van der Waals surface area contributed by atoms with E-state index in [2.05, 4.69) is 15.1 Å². The molecule has 0 saturated carbocycles. The van der Waals surface area contributed by atoms with Gasteiger partial charge in [0, 0.05) is 26.2 Å². The number of ether oxygens (including phenoxy) is 1. The lowest BCUT2D eigenvalue weighted by atomic mass is 9.91. The van der Waals surface area contributed by atoms with E-state index in [0.717, 1.165) is 63.4 Å². The summed E-state index contributed by atoms with van der Waals surface area (Å²) in [5.74, 6) is 1.62. The zero-order chi connectivity index (χ0) is 15.8. The SMILES string of the molecule is Cc1ccc(N2CC[C@H]3C[C@@H](C(=O)N4CCCC4)O[C@H]3C2)nn1. The fraction of sp³-hybridized carbons (Fsp3) is 0.706. The molecule has 0 radical (unpaired) electrons. The molecule has 1 amide bonds. The first-order chi connectivity index (χ1) is 11.2. The van der Waals surface area contributed by atoms with Crippen molar-refractivity contribution >= 4 is 11.7 Å². The molecule has 124 valence electrons. The maximum absolute atomic E-state index is 12.5. The lowest BCUT2D eigenvalue weighted by Crippen LogP contribution is -2.43. The van der Waals surface area contributed by atoms with E-state index in [1.165, 1.54) is 0 Å². The Bertz CT molecular complexity index is 570. The number of fused-ring (bicyclic) bond motifs is 1. The summed E-state index contributed by atoms with van der Waals surface area (Å²) in [6, 6.07) is 4.01. The summed E-state index contributed by atoms with van der Waals surface area (Å²) < 4.78 is 6.13. The van der Waals surface area contributed by atoms with E-state index >= 15 is 0 Å². The van der Waals surface area contributed by atoms with Gasteiger partial charge in [0.1, 0.15) is 6.10 Å². The summed E-state index contributed by atoms with van der Waals surface area (Å²) in [5, 5.41) is 8.42. The molecule has 0 spiro atoms. The molecule has 3 aliphatic rings. The Labute approximate surface area is 136 Å². The molecule has 0 N–H and O–H groups in total. The van der Waals surface area contributed by atoms with Crippen molar-refractivity contribution in [2.75, 3.05) is 31.1 Å². The maximum atomic E-state index is 12.5. The van der Waals surface area contributed by atoms with Gasteiger partial charge in [0.25, 0.3) is 5.91 Å². The quantitative estimate of drug-likeness (QED) is 0.825. The van der Waals surface area contributed by atoms with Crippen molar-refractivity contribution in [1.82, 2.24) is 15.1 Å². The molecule has 3 saturated heterocycles. The van der Waals surface area contributed by atoms with Gasteiger partial charge < -0.3 is 14.5 Å². The normalized spacial score (nSPS) is 30.6. The van der Waals surface area contributed by atoms with E-state index in [4.69, 9.17) is 4.74 Å². The molecule has 1 aromatic rings. The second-order valence-corrected chi connectivity index (χ2v) is 6.96. The van der Waals surface area contributed by atoms with Crippen LogP contribution in [0.5, 0.6) is 0 Å². The summed E-state index contributed by atoms with van der Waals surface area (Å²) in [7, 11) is 0. The number of likely N-dealkylation sites (tertiary alicyclic amines) is 1. The van der Waals surface area contributed by atoms with Gasteiger partial charge in [-0.05, 0) is 50.7 Å². The van der Waals surface area contributed by atoms with Gasteiger partial charge >= 0.3 is 0 Å². The van der Waals surface area contributed by atoms with Crippen LogP contribution in [-0.2, 0) is 9.53 Å². The fourth-order valence-electron chi connectivity index (χ4n) is 4.00.